The fraction of sp³-hybridized carbons (Fsp3) is 0.765. The van der Waals surface area contributed by atoms with E-state index in [-0.39, 0.29) is 28.6 Å². The van der Waals surface area contributed by atoms with Crippen LogP contribution in [0.1, 0.15) is 38.5 Å². The predicted octanol–water partition coefficient (Wildman–Crippen LogP) is 1.95. The molecular weight excluding hydrogens is 351 g/mol. The van der Waals surface area contributed by atoms with Crippen LogP contribution in [0.15, 0.2) is 12.7 Å². The Bertz CT molecular complexity index is 467. The van der Waals surface area contributed by atoms with Crippen LogP contribution in [0.25, 0.3) is 0 Å². The third-order valence-corrected chi connectivity index (χ3v) is 6.18. The van der Waals surface area contributed by atoms with Gasteiger partial charge in [-0.2, -0.15) is 0 Å². The molecule has 4 unspecified atom stereocenters. The third kappa shape index (κ3) is 5.36. The first-order valence-corrected chi connectivity index (χ1v) is 9.44. The molecule has 2 fully saturated rings. The molecule has 136 valence electrons. The number of carbonyl (C=O) groups is 2. The minimum Gasteiger partial charge on any atom is -0.392 e. The Kier molecular flexibility index (Phi) is 7.38. The molecule has 2 aliphatic carbocycles. The number of amides is 2. The van der Waals surface area contributed by atoms with Gasteiger partial charge < -0.3 is 15.7 Å². The zero-order valence-corrected chi connectivity index (χ0v) is 15.2. The molecular formula is C17H26Cl2N2O3. The van der Waals surface area contributed by atoms with Gasteiger partial charge in [0, 0.05) is 12.6 Å². The maximum absolute atomic E-state index is 12.3. The number of rotatable bonds is 5. The highest BCUT2D eigenvalue weighted by Crippen LogP contribution is 2.32. The number of halogens is 2. The fourth-order valence-corrected chi connectivity index (χ4v) is 4.10. The van der Waals surface area contributed by atoms with E-state index in [1.54, 1.807) is 0 Å². The number of aliphatic hydroxyl groups excluding tert-OH is 1. The monoisotopic (exact) mass is 376 g/mol. The lowest BCUT2D eigenvalue weighted by Gasteiger charge is -2.33. The van der Waals surface area contributed by atoms with E-state index in [1.807, 2.05) is 0 Å². The van der Waals surface area contributed by atoms with Crippen LogP contribution >= 0.6 is 23.2 Å². The number of hydrogen-bond acceptors (Lipinski definition) is 3. The molecule has 2 amide bonds. The summed E-state index contributed by atoms with van der Waals surface area (Å²) in [4.78, 5) is 23.6. The molecule has 0 heterocycles. The second kappa shape index (κ2) is 9.07. The quantitative estimate of drug-likeness (QED) is 0.506. The molecule has 0 aromatic rings. The van der Waals surface area contributed by atoms with Gasteiger partial charge in [-0.15, -0.1) is 23.2 Å². The van der Waals surface area contributed by atoms with Gasteiger partial charge in [0.15, 0.2) is 0 Å². The molecule has 0 aromatic carbocycles. The van der Waals surface area contributed by atoms with Crippen molar-refractivity contribution in [1.82, 2.24) is 10.6 Å². The van der Waals surface area contributed by atoms with Crippen molar-refractivity contribution in [2.45, 2.75) is 61.4 Å². The van der Waals surface area contributed by atoms with Crippen molar-refractivity contribution in [3.8, 4) is 0 Å². The standard InChI is InChI=1S/C17H26Cl2N2O3/c1-2-16(23)21-11-5-3-10(4-6-11)9-20-17(24)12-7-13(18)14(19)8-15(12)22/h2,10-15,22H,1,3-9H2,(H,20,24)(H,21,23). The highest BCUT2D eigenvalue weighted by molar-refractivity contribution is 6.30. The van der Waals surface area contributed by atoms with Crippen molar-refractivity contribution in [3.05, 3.63) is 12.7 Å². The maximum Gasteiger partial charge on any atom is 0.243 e. The first-order chi connectivity index (χ1) is 11.4. The minimum absolute atomic E-state index is 0.133. The molecule has 0 aliphatic heterocycles. The Hall–Kier alpha value is -0.780. The molecule has 0 bridgehead atoms. The van der Waals surface area contributed by atoms with Crippen LogP contribution in [-0.2, 0) is 9.59 Å². The van der Waals surface area contributed by atoms with E-state index in [1.165, 1.54) is 6.08 Å². The Morgan fingerprint density at radius 2 is 1.75 bits per heavy atom. The molecule has 0 spiro atoms. The van der Waals surface area contributed by atoms with Crippen molar-refractivity contribution in [2.24, 2.45) is 11.8 Å². The first kappa shape index (κ1) is 19.5. The zero-order chi connectivity index (χ0) is 17.7. The van der Waals surface area contributed by atoms with Crippen LogP contribution in [0.4, 0.5) is 0 Å². The largest absolute Gasteiger partial charge is 0.392 e. The van der Waals surface area contributed by atoms with Crippen molar-refractivity contribution in [3.63, 3.8) is 0 Å². The SMILES string of the molecule is C=CC(=O)NC1CCC(CNC(=O)C2CC(Cl)C(Cl)CC2O)CC1. The summed E-state index contributed by atoms with van der Waals surface area (Å²) in [5, 5.41) is 15.4. The number of carbonyl (C=O) groups excluding carboxylic acids is 2. The molecule has 0 aromatic heterocycles. The Morgan fingerprint density at radius 1 is 1.12 bits per heavy atom. The van der Waals surface area contributed by atoms with Crippen molar-refractivity contribution in [2.75, 3.05) is 6.54 Å². The summed E-state index contributed by atoms with van der Waals surface area (Å²) in [6.07, 6.45) is 5.04. The van der Waals surface area contributed by atoms with Gasteiger partial charge >= 0.3 is 0 Å². The molecule has 5 nitrogen and oxygen atoms in total. The van der Waals surface area contributed by atoms with Gasteiger partial charge in [0.1, 0.15) is 0 Å². The molecule has 2 rings (SSSR count). The average Bonchev–Trinajstić information content (AvgIpc) is 2.57. The highest BCUT2D eigenvalue weighted by atomic mass is 35.5. The molecule has 4 atom stereocenters. The van der Waals surface area contributed by atoms with Crippen LogP contribution in [0.3, 0.4) is 0 Å². The van der Waals surface area contributed by atoms with Gasteiger partial charge in [-0.05, 0) is 50.5 Å². The normalized spacial score (nSPS) is 36.6. The lowest BCUT2D eigenvalue weighted by atomic mass is 9.84. The minimum atomic E-state index is -0.729. The first-order valence-electron chi connectivity index (χ1n) is 8.57. The molecule has 2 saturated carbocycles. The van der Waals surface area contributed by atoms with Crippen LogP contribution < -0.4 is 10.6 Å². The maximum atomic E-state index is 12.3. The van der Waals surface area contributed by atoms with E-state index in [0.29, 0.717) is 25.3 Å². The van der Waals surface area contributed by atoms with Gasteiger partial charge in [0.2, 0.25) is 11.8 Å². The number of alkyl halides is 2. The van der Waals surface area contributed by atoms with Crippen LogP contribution in [0.5, 0.6) is 0 Å². The number of hydrogen-bond donors (Lipinski definition) is 3. The number of nitrogens with one attached hydrogen (secondary N) is 2. The molecule has 24 heavy (non-hydrogen) atoms. The lowest BCUT2D eigenvalue weighted by molar-refractivity contribution is -0.130. The van der Waals surface area contributed by atoms with Gasteiger partial charge in [-0.25, -0.2) is 0 Å². The Balaban J connectivity index is 1.71. The highest BCUT2D eigenvalue weighted by Gasteiger charge is 2.38. The van der Waals surface area contributed by atoms with Gasteiger partial charge in [-0.3, -0.25) is 9.59 Å². The molecule has 0 saturated heterocycles. The molecule has 7 heteroatoms. The second-order valence-electron chi connectivity index (χ2n) is 6.85. The van der Waals surface area contributed by atoms with Crippen LogP contribution in [0.2, 0.25) is 0 Å². The second-order valence-corrected chi connectivity index (χ2v) is 7.97. The molecule has 0 radical (unpaired) electrons. The van der Waals surface area contributed by atoms with Gasteiger partial charge in [-0.1, -0.05) is 6.58 Å². The van der Waals surface area contributed by atoms with Crippen molar-refractivity contribution >= 4 is 35.0 Å². The van der Waals surface area contributed by atoms with E-state index in [4.69, 9.17) is 23.2 Å². The summed E-state index contributed by atoms with van der Waals surface area (Å²) in [5.74, 6) is -0.352. The summed E-state index contributed by atoms with van der Waals surface area (Å²) >= 11 is 12.2. The Morgan fingerprint density at radius 3 is 2.38 bits per heavy atom. The van der Waals surface area contributed by atoms with E-state index >= 15 is 0 Å². The molecule has 3 N–H and O–H groups in total. The van der Waals surface area contributed by atoms with E-state index in [0.717, 1.165) is 25.7 Å². The van der Waals surface area contributed by atoms with Gasteiger partial charge in [0.05, 0.1) is 22.8 Å². The van der Waals surface area contributed by atoms with E-state index in [2.05, 4.69) is 17.2 Å². The lowest BCUT2D eigenvalue weighted by Crippen LogP contribution is -2.46. The van der Waals surface area contributed by atoms with E-state index in [9.17, 15) is 14.7 Å². The smallest absolute Gasteiger partial charge is 0.243 e. The van der Waals surface area contributed by atoms with Crippen LogP contribution in [0, 0.1) is 11.8 Å². The van der Waals surface area contributed by atoms with Crippen LogP contribution in [-0.4, -0.2) is 46.4 Å². The average molecular weight is 377 g/mol. The summed E-state index contributed by atoms with van der Waals surface area (Å²) in [7, 11) is 0. The predicted molar refractivity (Wildman–Crippen MR) is 95.1 cm³/mol. The van der Waals surface area contributed by atoms with Crippen molar-refractivity contribution < 1.29 is 14.7 Å². The topological polar surface area (TPSA) is 78.4 Å². The summed E-state index contributed by atoms with van der Waals surface area (Å²) in [6.45, 7) is 4.05. The Labute approximate surface area is 153 Å². The summed E-state index contributed by atoms with van der Waals surface area (Å²) < 4.78 is 0. The fourth-order valence-electron chi connectivity index (χ4n) is 3.52. The van der Waals surface area contributed by atoms with E-state index < -0.39 is 12.0 Å². The summed E-state index contributed by atoms with van der Waals surface area (Å²) in [6, 6.07) is 0.195. The van der Waals surface area contributed by atoms with Crippen molar-refractivity contribution in [1.29, 1.82) is 0 Å². The summed E-state index contributed by atoms with van der Waals surface area (Å²) in [5.41, 5.74) is 0. The zero-order valence-electron chi connectivity index (χ0n) is 13.7. The molecule has 2 aliphatic rings. The van der Waals surface area contributed by atoms with Gasteiger partial charge in [0.25, 0.3) is 0 Å². The number of aliphatic hydroxyl groups is 1. The third-order valence-electron chi connectivity index (χ3n) is 5.08.